The van der Waals surface area contributed by atoms with Gasteiger partial charge in [0, 0.05) is 15.3 Å². The molecule has 2 aromatic rings. The molecule has 1 atom stereocenters. The Balaban J connectivity index is 2.07. The topological polar surface area (TPSA) is 38.9 Å². The molecule has 0 bridgehead atoms. The van der Waals surface area contributed by atoms with Gasteiger partial charge in [-0.3, -0.25) is 0 Å². The molecule has 3 rings (SSSR count). The summed E-state index contributed by atoms with van der Waals surface area (Å²) in [6.45, 7) is 2.12. The molecule has 0 saturated carbocycles. The molecule has 1 heterocycles. The van der Waals surface area contributed by atoms with Gasteiger partial charge in [-0.15, -0.1) is 11.3 Å². The summed E-state index contributed by atoms with van der Waals surface area (Å²) >= 11 is 5.35. The minimum atomic E-state index is 0.457. The molecule has 2 N–H and O–H groups in total. The Morgan fingerprint density at radius 1 is 1.44 bits per heavy atom. The van der Waals surface area contributed by atoms with Gasteiger partial charge in [0.15, 0.2) is 5.13 Å². The monoisotopic (exact) mass is 322 g/mol. The third-order valence-corrected chi connectivity index (χ3v) is 5.23. The molecule has 2 nitrogen and oxygen atoms in total. The van der Waals surface area contributed by atoms with Crippen molar-refractivity contribution < 1.29 is 0 Å². The fourth-order valence-electron chi connectivity index (χ4n) is 2.65. The summed E-state index contributed by atoms with van der Waals surface area (Å²) in [4.78, 5) is 5.82. The highest BCUT2D eigenvalue weighted by atomic mass is 79.9. The molecule has 1 aromatic carbocycles. The van der Waals surface area contributed by atoms with Gasteiger partial charge in [-0.25, -0.2) is 4.98 Å². The lowest BCUT2D eigenvalue weighted by Gasteiger charge is -2.22. The minimum absolute atomic E-state index is 0.457. The summed E-state index contributed by atoms with van der Waals surface area (Å²) in [7, 11) is 0. The summed E-state index contributed by atoms with van der Waals surface area (Å²) in [5, 5.41) is 0.704. The molecule has 1 unspecified atom stereocenters. The predicted molar refractivity (Wildman–Crippen MR) is 80.2 cm³/mol. The number of nitrogen functional groups attached to an aromatic ring is 1. The van der Waals surface area contributed by atoms with Crippen LogP contribution in [0.15, 0.2) is 22.7 Å². The Hall–Kier alpha value is -0.870. The third kappa shape index (κ3) is 2.08. The van der Waals surface area contributed by atoms with Crippen molar-refractivity contribution in [2.45, 2.75) is 32.1 Å². The van der Waals surface area contributed by atoms with E-state index in [1.807, 2.05) is 0 Å². The first kappa shape index (κ1) is 12.2. The lowest BCUT2D eigenvalue weighted by Crippen LogP contribution is -2.09. The van der Waals surface area contributed by atoms with E-state index in [0.717, 1.165) is 6.42 Å². The molecule has 0 aliphatic heterocycles. The Morgan fingerprint density at radius 2 is 2.28 bits per heavy atom. The lowest BCUT2D eigenvalue weighted by molar-refractivity contribution is 0.615. The number of nitrogens with zero attached hydrogens (tertiary/aromatic N) is 1. The molecule has 1 aromatic heterocycles. The van der Waals surface area contributed by atoms with E-state index < -0.39 is 0 Å². The number of benzene rings is 1. The summed E-state index contributed by atoms with van der Waals surface area (Å²) in [5.74, 6) is 0.457. The van der Waals surface area contributed by atoms with Crippen LogP contribution >= 0.6 is 27.3 Å². The highest BCUT2D eigenvalue weighted by Gasteiger charge is 2.26. The van der Waals surface area contributed by atoms with Crippen LogP contribution in [0.1, 0.15) is 40.5 Å². The van der Waals surface area contributed by atoms with Gasteiger partial charge < -0.3 is 5.73 Å². The van der Waals surface area contributed by atoms with Gasteiger partial charge in [0.2, 0.25) is 0 Å². The molecule has 18 heavy (non-hydrogen) atoms. The van der Waals surface area contributed by atoms with E-state index in [2.05, 4.69) is 46.0 Å². The number of anilines is 1. The number of aryl methyl sites for hydroxylation is 2. The molecule has 4 heteroatoms. The molecular weight excluding hydrogens is 308 g/mol. The molecular formula is C14H15BrN2S. The highest BCUT2D eigenvalue weighted by molar-refractivity contribution is 9.10. The van der Waals surface area contributed by atoms with Crippen molar-refractivity contribution in [1.82, 2.24) is 4.98 Å². The predicted octanol–water partition coefficient (Wildman–Crippen LogP) is 4.26. The standard InChI is InChI=1S/C14H15BrN2S/c1-8-5-6-9(11(15)7-8)10-3-2-4-12-13(10)18-14(16)17-12/h5-7,10H,2-4H2,1H3,(H2,16,17). The smallest absolute Gasteiger partial charge is 0.180 e. The van der Waals surface area contributed by atoms with E-state index in [4.69, 9.17) is 5.73 Å². The van der Waals surface area contributed by atoms with Crippen molar-refractivity contribution in [2.75, 3.05) is 5.73 Å². The van der Waals surface area contributed by atoms with E-state index in [1.165, 1.54) is 39.0 Å². The number of hydrogen-bond donors (Lipinski definition) is 1. The maximum atomic E-state index is 5.86. The Bertz CT molecular complexity index is 591. The van der Waals surface area contributed by atoms with Gasteiger partial charge in [0.25, 0.3) is 0 Å². The summed E-state index contributed by atoms with van der Waals surface area (Å²) in [6, 6.07) is 6.60. The Kier molecular flexibility index (Phi) is 3.16. The second kappa shape index (κ2) is 4.67. The van der Waals surface area contributed by atoms with Crippen LogP contribution in [0.5, 0.6) is 0 Å². The van der Waals surface area contributed by atoms with Gasteiger partial charge in [-0.2, -0.15) is 0 Å². The lowest BCUT2D eigenvalue weighted by atomic mass is 9.86. The van der Waals surface area contributed by atoms with Gasteiger partial charge in [0.05, 0.1) is 5.69 Å². The fraction of sp³-hybridized carbons (Fsp3) is 0.357. The SMILES string of the molecule is Cc1ccc(C2CCCc3nc(N)sc32)c(Br)c1. The van der Waals surface area contributed by atoms with E-state index in [0.29, 0.717) is 11.0 Å². The average molecular weight is 323 g/mol. The first-order valence-corrected chi connectivity index (χ1v) is 7.77. The summed E-state index contributed by atoms with van der Waals surface area (Å²) < 4.78 is 1.20. The number of fused-ring (bicyclic) bond motifs is 1. The zero-order valence-corrected chi connectivity index (χ0v) is 12.6. The van der Waals surface area contributed by atoms with Crippen LogP contribution in [0, 0.1) is 6.92 Å². The third-order valence-electron chi connectivity index (χ3n) is 3.50. The maximum absolute atomic E-state index is 5.86. The number of halogens is 1. The summed E-state index contributed by atoms with van der Waals surface area (Å²) in [6.07, 6.45) is 3.46. The maximum Gasteiger partial charge on any atom is 0.180 e. The van der Waals surface area contributed by atoms with Gasteiger partial charge in [0.1, 0.15) is 0 Å². The number of nitrogens with two attached hydrogens (primary N) is 1. The number of thiazole rings is 1. The van der Waals surface area contributed by atoms with E-state index in [1.54, 1.807) is 11.3 Å². The molecule has 0 radical (unpaired) electrons. The Morgan fingerprint density at radius 3 is 3.06 bits per heavy atom. The first-order valence-electron chi connectivity index (χ1n) is 6.16. The van der Waals surface area contributed by atoms with Crippen LogP contribution in [-0.2, 0) is 6.42 Å². The van der Waals surface area contributed by atoms with E-state index >= 15 is 0 Å². The highest BCUT2D eigenvalue weighted by Crippen LogP contribution is 2.42. The largest absolute Gasteiger partial charge is 0.375 e. The van der Waals surface area contributed by atoms with Crippen molar-refractivity contribution >= 4 is 32.4 Å². The molecule has 94 valence electrons. The normalized spacial score (nSPS) is 18.7. The summed E-state index contributed by atoms with van der Waals surface area (Å²) in [5.41, 5.74) is 9.71. The quantitative estimate of drug-likeness (QED) is 0.851. The van der Waals surface area contributed by atoms with Gasteiger partial charge in [-0.1, -0.05) is 28.1 Å². The van der Waals surface area contributed by atoms with E-state index in [-0.39, 0.29) is 0 Å². The number of aromatic nitrogens is 1. The van der Waals surface area contributed by atoms with Crippen molar-refractivity contribution in [3.05, 3.63) is 44.4 Å². The Labute approximate surface area is 119 Å². The van der Waals surface area contributed by atoms with Gasteiger partial charge >= 0.3 is 0 Å². The minimum Gasteiger partial charge on any atom is -0.375 e. The molecule has 0 saturated heterocycles. The number of rotatable bonds is 1. The fourth-order valence-corrected chi connectivity index (χ4v) is 4.45. The molecule has 1 aliphatic carbocycles. The van der Waals surface area contributed by atoms with Crippen LogP contribution in [0.25, 0.3) is 0 Å². The van der Waals surface area contributed by atoms with Crippen molar-refractivity contribution in [1.29, 1.82) is 0 Å². The van der Waals surface area contributed by atoms with E-state index in [9.17, 15) is 0 Å². The van der Waals surface area contributed by atoms with Crippen molar-refractivity contribution in [2.24, 2.45) is 0 Å². The second-order valence-electron chi connectivity index (χ2n) is 4.83. The van der Waals surface area contributed by atoms with Crippen molar-refractivity contribution in [3.8, 4) is 0 Å². The second-order valence-corrected chi connectivity index (χ2v) is 6.75. The first-order chi connectivity index (χ1) is 8.65. The average Bonchev–Trinajstić information content (AvgIpc) is 2.69. The molecule has 0 amide bonds. The van der Waals surface area contributed by atoms with Crippen LogP contribution in [-0.4, -0.2) is 4.98 Å². The van der Waals surface area contributed by atoms with Crippen LogP contribution < -0.4 is 5.73 Å². The zero-order chi connectivity index (χ0) is 12.7. The number of hydrogen-bond acceptors (Lipinski definition) is 3. The van der Waals surface area contributed by atoms with Crippen LogP contribution in [0.4, 0.5) is 5.13 Å². The van der Waals surface area contributed by atoms with Crippen LogP contribution in [0.2, 0.25) is 0 Å². The molecule has 1 aliphatic rings. The molecule has 0 spiro atoms. The zero-order valence-electron chi connectivity index (χ0n) is 10.2. The van der Waals surface area contributed by atoms with Gasteiger partial charge in [-0.05, 0) is 43.4 Å². The molecule has 0 fully saturated rings. The van der Waals surface area contributed by atoms with Crippen molar-refractivity contribution in [3.63, 3.8) is 0 Å². The van der Waals surface area contributed by atoms with Crippen LogP contribution in [0.3, 0.4) is 0 Å².